The van der Waals surface area contributed by atoms with Crippen molar-refractivity contribution in [2.75, 3.05) is 22.6 Å². The third-order valence-electron chi connectivity index (χ3n) is 4.41. The van der Waals surface area contributed by atoms with Crippen LogP contribution in [-0.2, 0) is 10.0 Å². The minimum atomic E-state index is -3.40. The molecule has 0 fully saturated rings. The van der Waals surface area contributed by atoms with E-state index in [9.17, 15) is 13.2 Å². The van der Waals surface area contributed by atoms with Crippen molar-refractivity contribution in [3.05, 3.63) is 54.4 Å². The van der Waals surface area contributed by atoms with E-state index in [-0.39, 0.29) is 11.7 Å². The standard InChI is InChI=1S/C17H13N5O3S2/c23-16(19-22-10-18-12-3-1-2-4-13(12)22)11-5-6-14-15(9-11)26-17-20-27(24,25)8-7-21(14)17/h1-6,9-10H,7-8H2,(H,19,23). The second kappa shape index (κ2) is 5.83. The maximum atomic E-state index is 12.7. The van der Waals surface area contributed by atoms with Crippen LogP contribution >= 0.6 is 11.8 Å². The highest BCUT2D eigenvalue weighted by molar-refractivity contribution is 8.15. The van der Waals surface area contributed by atoms with E-state index in [2.05, 4.69) is 14.8 Å². The summed E-state index contributed by atoms with van der Waals surface area (Å²) in [4.78, 5) is 19.6. The van der Waals surface area contributed by atoms with E-state index in [1.54, 1.807) is 23.1 Å². The summed E-state index contributed by atoms with van der Waals surface area (Å²) in [6.07, 6.45) is 1.56. The first-order valence-corrected chi connectivity index (χ1v) is 10.6. The third-order valence-corrected chi connectivity index (χ3v) is 6.72. The van der Waals surface area contributed by atoms with E-state index in [0.717, 1.165) is 21.6 Å². The van der Waals surface area contributed by atoms with Gasteiger partial charge in [0.25, 0.3) is 15.9 Å². The second-order valence-corrected chi connectivity index (χ2v) is 8.90. The van der Waals surface area contributed by atoms with Crippen LogP contribution in [0.1, 0.15) is 10.4 Å². The van der Waals surface area contributed by atoms with Crippen LogP contribution in [0.25, 0.3) is 11.0 Å². The molecular weight excluding hydrogens is 386 g/mol. The van der Waals surface area contributed by atoms with E-state index in [4.69, 9.17) is 0 Å². The molecule has 5 rings (SSSR count). The maximum absolute atomic E-state index is 12.7. The summed E-state index contributed by atoms with van der Waals surface area (Å²) in [5, 5.41) is 0.439. The molecule has 136 valence electrons. The molecule has 0 spiro atoms. The summed E-state index contributed by atoms with van der Waals surface area (Å²) in [7, 11) is -3.40. The normalized spacial score (nSPS) is 17.3. The Balaban J connectivity index is 1.44. The van der Waals surface area contributed by atoms with Crippen LogP contribution in [-0.4, -0.2) is 41.5 Å². The molecule has 0 aliphatic carbocycles. The number of rotatable bonds is 2. The first-order chi connectivity index (χ1) is 13.0. The van der Waals surface area contributed by atoms with Crippen LogP contribution in [0.2, 0.25) is 0 Å². The van der Waals surface area contributed by atoms with Gasteiger partial charge in [-0.3, -0.25) is 10.2 Å². The van der Waals surface area contributed by atoms with Gasteiger partial charge in [-0.1, -0.05) is 12.1 Å². The first kappa shape index (κ1) is 16.3. The number of amides is 1. The number of para-hydroxylation sites is 2. The lowest BCUT2D eigenvalue weighted by atomic mass is 10.2. The van der Waals surface area contributed by atoms with Crippen LogP contribution in [0, 0.1) is 0 Å². The van der Waals surface area contributed by atoms with E-state index < -0.39 is 10.0 Å². The van der Waals surface area contributed by atoms with E-state index in [1.807, 2.05) is 35.2 Å². The highest BCUT2D eigenvalue weighted by Gasteiger charge is 2.33. The largest absolute Gasteiger partial charge is 0.318 e. The van der Waals surface area contributed by atoms with Crippen molar-refractivity contribution < 1.29 is 13.2 Å². The zero-order chi connectivity index (χ0) is 18.6. The number of nitrogens with zero attached hydrogens (tertiary/aromatic N) is 4. The molecule has 27 heavy (non-hydrogen) atoms. The lowest BCUT2D eigenvalue weighted by molar-refractivity contribution is 0.101. The average molecular weight is 399 g/mol. The summed E-state index contributed by atoms with van der Waals surface area (Å²) >= 11 is 1.26. The van der Waals surface area contributed by atoms with Crippen LogP contribution in [0.3, 0.4) is 0 Å². The molecule has 0 atom stereocenters. The number of hydrogen-bond acceptors (Lipinski definition) is 6. The topological polar surface area (TPSA) is 96.7 Å². The molecule has 2 aliphatic rings. The Bertz CT molecular complexity index is 1230. The Kier molecular flexibility index (Phi) is 3.52. The van der Waals surface area contributed by atoms with Crippen LogP contribution in [0.4, 0.5) is 5.69 Å². The molecule has 0 bridgehead atoms. The smallest absolute Gasteiger partial charge is 0.270 e. The number of anilines is 1. The minimum Gasteiger partial charge on any atom is -0.318 e. The number of nitrogens with one attached hydrogen (secondary N) is 1. The number of benzene rings is 2. The fourth-order valence-electron chi connectivity index (χ4n) is 3.09. The fraction of sp³-hybridized carbons (Fsp3) is 0.118. The van der Waals surface area contributed by atoms with E-state index in [1.165, 1.54) is 11.8 Å². The molecular formula is C17H13N5O3S2. The van der Waals surface area contributed by atoms with E-state index >= 15 is 0 Å². The fourth-order valence-corrected chi connectivity index (χ4v) is 5.39. The summed E-state index contributed by atoms with van der Waals surface area (Å²) in [5.41, 5.74) is 5.76. The Morgan fingerprint density at radius 1 is 1.19 bits per heavy atom. The van der Waals surface area contributed by atoms with Gasteiger partial charge in [0.2, 0.25) is 0 Å². The molecule has 10 heteroatoms. The Morgan fingerprint density at radius 3 is 2.93 bits per heavy atom. The van der Waals surface area contributed by atoms with Crippen molar-refractivity contribution in [2.24, 2.45) is 4.40 Å². The van der Waals surface area contributed by atoms with Crippen molar-refractivity contribution in [1.82, 2.24) is 9.66 Å². The van der Waals surface area contributed by atoms with Gasteiger partial charge in [-0.25, -0.2) is 18.1 Å². The number of sulfonamides is 1. The number of fused-ring (bicyclic) bond motifs is 4. The van der Waals surface area contributed by atoms with Gasteiger partial charge in [0.05, 0.1) is 22.5 Å². The number of aromatic nitrogens is 2. The molecule has 0 unspecified atom stereocenters. The average Bonchev–Trinajstić information content (AvgIpc) is 3.20. The van der Waals surface area contributed by atoms with Gasteiger partial charge in [-0.2, -0.15) is 0 Å². The predicted octanol–water partition coefficient (Wildman–Crippen LogP) is 2.03. The van der Waals surface area contributed by atoms with Crippen LogP contribution in [0.5, 0.6) is 0 Å². The van der Waals surface area contributed by atoms with Gasteiger partial charge in [0.1, 0.15) is 6.33 Å². The Hall–Kier alpha value is -2.85. The number of amidine groups is 1. The number of hydrogen-bond donors (Lipinski definition) is 1. The molecule has 0 saturated heterocycles. The third kappa shape index (κ3) is 2.77. The number of imidazole rings is 1. The predicted molar refractivity (Wildman–Crippen MR) is 104 cm³/mol. The highest BCUT2D eigenvalue weighted by atomic mass is 32.2. The lowest BCUT2D eigenvalue weighted by Gasteiger charge is -2.22. The van der Waals surface area contributed by atoms with Crippen LogP contribution in [0.15, 0.2) is 58.1 Å². The summed E-state index contributed by atoms with van der Waals surface area (Å²) in [6, 6.07) is 12.8. The zero-order valence-electron chi connectivity index (χ0n) is 13.9. The molecule has 0 radical (unpaired) electrons. The minimum absolute atomic E-state index is 0.00750. The van der Waals surface area contributed by atoms with Crippen molar-refractivity contribution >= 4 is 49.6 Å². The molecule has 1 aromatic heterocycles. The van der Waals surface area contributed by atoms with Crippen molar-refractivity contribution in [2.45, 2.75) is 4.90 Å². The number of carbonyl (C=O) groups excluding carboxylic acids is 1. The zero-order valence-corrected chi connectivity index (χ0v) is 15.5. The molecule has 0 saturated carbocycles. The van der Waals surface area contributed by atoms with Gasteiger partial charge < -0.3 is 4.90 Å². The van der Waals surface area contributed by atoms with Crippen LogP contribution < -0.4 is 10.3 Å². The molecule has 2 aliphatic heterocycles. The molecule has 3 aromatic rings. The van der Waals surface area contributed by atoms with Crippen molar-refractivity contribution in [3.8, 4) is 0 Å². The monoisotopic (exact) mass is 399 g/mol. The molecule has 1 amide bonds. The quantitative estimate of drug-likeness (QED) is 0.708. The van der Waals surface area contributed by atoms with Gasteiger partial charge in [0, 0.05) is 17.0 Å². The van der Waals surface area contributed by atoms with Gasteiger partial charge in [-0.15, -0.1) is 4.40 Å². The lowest BCUT2D eigenvalue weighted by Crippen LogP contribution is -2.35. The second-order valence-electron chi connectivity index (χ2n) is 6.14. The van der Waals surface area contributed by atoms with E-state index in [0.29, 0.717) is 17.3 Å². The Labute approximate surface area is 158 Å². The highest BCUT2D eigenvalue weighted by Crippen LogP contribution is 2.42. The van der Waals surface area contributed by atoms with Gasteiger partial charge in [0.15, 0.2) is 5.17 Å². The number of thioether (sulfide) groups is 1. The van der Waals surface area contributed by atoms with Gasteiger partial charge in [-0.05, 0) is 42.1 Å². The molecule has 2 aromatic carbocycles. The SMILES string of the molecule is O=C(Nn1cnc2ccccc21)c1ccc2c(c1)SC1=NS(=O)(=O)CCN12. The summed E-state index contributed by atoms with van der Waals surface area (Å²) in [5.74, 6) is -0.284. The molecule has 3 heterocycles. The van der Waals surface area contributed by atoms with Crippen molar-refractivity contribution in [1.29, 1.82) is 0 Å². The molecule has 8 nitrogen and oxygen atoms in total. The summed E-state index contributed by atoms with van der Waals surface area (Å²) < 4.78 is 28.8. The molecule has 1 N–H and O–H groups in total. The maximum Gasteiger partial charge on any atom is 0.270 e. The summed E-state index contributed by atoms with van der Waals surface area (Å²) in [6.45, 7) is 0.369. The Morgan fingerprint density at radius 2 is 2.04 bits per heavy atom. The first-order valence-electron chi connectivity index (χ1n) is 8.16. The van der Waals surface area contributed by atoms with Gasteiger partial charge >= 0.3 is 0 Å². The van der Waals surface area contributed by atoms with Crippen molar-refractivity contribution in [3.63, 3.8) is 0 Å². The number of carbonyl (C=O) groups is 1.